The zero-order valence-electron chi connectivity index (χ0n) is 10.9. The Balaban J connectivity index is 1.80. The van der Waals surface area contributed by atoms with Crippen LogP contribution in [-0.4, -0.2) is 5.91 Å². The summed E-state index contributed by atoms with van der Waals surface area (Å²) >= 11 is 1.64. The first kappa shape index (κ1) is 13.6. The third kappa shape index (κ3) is 4.10. The minimum Gasteiger partial charge on any atom is -0.399 e. The fourth-order valence-corrected chi connectivity index (χ4v) is 2.61. The van der Waals surface area contributed by atoms with E-state index in [1.807, 2.05) is 42.6 Å². The van der Waals surface area contributed by atoms with Crippen molar-refractivity contribution in [2.24, 2.45) is 0 Å². The van der Waals surface area contributed by atoms with E-state index in [1.54, 1.807) is 11.3 Å². The predicted octanol–water partition coefficient (Wildman–Crippen LogP) is 3.14. The Bertz CT molecular complexity index is 520. The van der Waals surface area contributed by atoms with E-state index in [4.69, 9.17) is 5.73 Å². The van der Waals surface area contributed by atoms with E-state index >= 15 is 0 Å². The van der Waals surface area contributed by atoms with Gasteiger partial charge in [0, 0.05) is 12.1 Å². The van der Waals surface area contributed by atoms with Crippen LogP contribution >= 0.6 is 11.3 Å². The number of rotatable bonds is 5. The molecule has 0 aliphatic heterocycles. The van der Waals surface area contributed by atoms with Crippen LogP contribution in [0.2, 0.25) is 0 Å². The molecule has 3 nitrogen and oxygen atoms in total. The van der Waals surface area contributed by atoms with Crippen LogP contribution < -0.4 is 11.1 Å². The van der Waals surface area contributed by atoms with Gasteiger partial charge in [0.1, 0.15) is 0 Å². The van der Waals surface area contributed by atoms with Crippen molar-refractivity contribution in [1.29, 1.82) is 0 Å². The Labute approximate surface area is 117 Å². The maximum Gasteiger partial charge on any atom is 0.220 e. The first-order valence-corrected chi connectivity index (χ1v) is 7.25. The van der Waals surface area contributed by atoms with Crippen LogP contribution in [-0.2, 0) is 11.2 Å². The molecule has 2 aromatic rings. The molecule has 0 aliphatic carbocycles. The van der Waals surface area contributed by atoms with Crippen LogP contribution in [0.4, 0.5) is 5.69 Å². The first-order chi connectivity index (χ1) is 9.15. The molecule has 1 aromatic carbocycles. The van der Waals surface area contributed by atoms with Gasteiger partial charge in [0.25, 0.3) is 0 Å². The van der Waals surface area contributed by atoms with Crippen LogP contribution in [0.15, 0.2) is 41.1 Å². The lowest BCUT2D eigenvalue weighted by Crippen LogP contribution is -2.26. The largest absolute Gasteiger partial charge is 0.399 e. The van der Waals surface area contributed by atoms with Gasteiger partial charge in [-0.1, -0.05) is 12.1 Å². The molecule has 1 atom stereocenters. The second-order valence-corrected chi connectivity index (χ2v) is 5.37. The van der Waals surface area contributed by atoms with Gasteiger partial charge in [0.2, 0.25) is 5.91 Å². The zero-order chi connectivity index (χ0) is 13.7. The Morgan fingerprint density at radius 2 is 2.05 bits per heavy atom. The second-order valence-electron chi connectivity index (χ2n) is 4.59. The topological polar surface area (TPSA) is 55.1 Å². The third-order valence-electron chi connectivity index (χ3n) is 3.04. The maximum absolute atomic E-state index is 11.9. The Morgan fingerprint density at radius 3 is 2.68 bits per heavy atom. The van der Waals surface area contributed by atoms with Gasteiger partial charge in [-0.3, -0.25) is 4.79 Å². The number of benzene rings is 1. The van der Waals surface area contributed by atoms with Crippen molar-refractivity contribution in [2.45, 2.75) is 25.8 Å². The maximum atomic E-state index is 11.9. The molecular formula is C15H18N2OS. The minimum atomic E-state index is 0.0742. The number of amides is 1. The molecule has 4 heteroatoms. The van der Waals surface area contributed by atoms with Crippen molar-refractivity contribution in [3.63, 3.8) is 0 Å². The fourth-order valence-electron chi connectivity index (χ4n) is 1.86. The van der Waals surface area contributed by atoms with Gasteiger partial charge < -0.3 is 11.1 Å². The number of hydrogen-bond acceptors (Lipinski definition) is 3. The van der Waals surface area contributed by atoms with E-state index in [0.29, 0.717) is 6.42 Å². The number of hydrogen-bond donors (Lipinski definition) is 2. The number of aryl methyl sites for hydroxylation is 1. The summed E-state index contributed by atoms with van der Waals surface area (Å²) in [5, 5.41) is 7.09. The molecule has 0 spiro atoms. The van der Waals surface area contributed by atoms with E-state index < -0.39 is 0 Å². The Kier molecular flexibility index (Phi) is 4.58. The van der Waals surface area contributed by atoms with E-state index in [-0.39, 0.29) is 11.9 Å². The van der Waals surface area contributed by atoms with Crippen molar-refractivity contribution >= 4 is 22.9 Å². The SMILES string of the molecule is CC(NC(=O)CCc1ccc(N)cc1)c1ccsc1. The third-order valence-corrected chi connectivity index (χ3v) is 3.74. The van der Waals surface area contributed by atoms with Crippen LogP contribution in [0.1, 0.15) is 30.5 Å². The van der Waals surface area contributed by atoms with Crippen molar-refractivity contribution < 1.29 is 4.79 Å². The summed E-state index contributed by atoms with van der Waals surface area (Å²) in [6.07, 6.45) is 1.24. The normalized spacial score (nSPS) is 12.1. The second kappa shape index (κ2) is 6.38. The number of carbonyl (C=O) groups excluding carboxylic acids is 1. The standard InChI is InChI=1S/C15H18N2OS/c1-11(13-8-9-19-10-13)17-15(18)7-4-12-2-5-14(16)6-3-12/h2-3,5-6,8-11H,4,7,16H2,1H3,(H,17,18). The molecule has 1 amide bonds. The highest BCUT2D eigenvalue weighted by Gasteiger charge is 2.09. The number of thiophene rings is 1. The van der Waals surface area contributed by atoms with Gasteiger partial charge in [-0.2, -0.15) is 11.3 Å². The number of nitrogens with two attached hydrogens (primary N) is 1. The van der Waals surface area contributed by atoms with E-state index in [1.165, 1.54) is 0 Å². The summed E-state index contributed by atoms with van der Waals surface area (Å²) in [6.45, 7) is 2.00. The zero-order valence-corrected chi connectivity index (χ0v) is 11.7. The number of carbonyl (C=O) groups is 1. The summed E-state index contributed by atoms with van der Waals surface area (Å²) in [4.78, 5) is 11.9. The van der Waals surface area contributed by atoms with Gasteiger partial charge in [-0.05, 0) is 53.4 Å². The highest BCUT2D eigenvalue weighted by atomic mass is 32.1. The Morgan fingerprint density at radius 1 is 1.32 bits per heavy atom. The van der Waals surface area contributed by atoms with Crippen LogP contribution in [0.25, 0.3) is 0 Å². The van der Waals surface area contributed by atoms with Gasteiger partial charge in [-0.25, -0.2) is 0 Å². The van der Waals surface area contributed by atoms with E-state index in [2.05, 4.69) is 10.7 Å². The van der Waals surface area contributed by atoms with Gasteiger partial charge in [-0.15, -0.1) is 0 Å². The van der Waals surface area contributed by atoms with E-state index in [9.17, 15) is 4.79 Å². The lowest BCUT2D eigenvalue weighted by molar-refractivity contribution is -0.121. The van der Waals surface area contributed by atoms with Gasteiger partial charge in [0.05, 0.1) is 6.04 Å². The van der Waals surface area contributed by atoms with Crippen molar-refractivity contribution in [3.05, 3.63) is 52.2 Å². The average molecular weight is 274 g/mol. The first-order valence-electron chi connectivity index (χ1n) is 6.31. The molecule has 0 bridgehead atoms. The molecule has 1 heterocycles. The van der Waals surface area contributed by atoms with Gasteiger partial charge in [0.15, 0.2) is 0 Å². The monoisotopic (exact) mass is 274 g/mol. The molecule has 3 N–H and O–H groups in total. The summed E-state index contributed by atoms with van der Waals surface area (Å²) in [7, 11) is 0. The molecule has 2 rings (SSSR count). The molecule has 0 fully saturated rings. The lowest BCUT2D eigenvalue weighted by atomic mass is 10.1. The molecule has 0 aliphatic rings. The van der Waals surface area contributed by atoms with Crippen LogP contribution in [0.5, 0.6) is 0 Å². The summed E-state index contributed by atoms with van der Waals surface area (Å²) in [5.41, 5.74) is 8.66. The predicted molar refractivity (Wildman–Crippen MR) is 80.1 cm³/mol. The highest BCUT2D eigenvalue weighted by Crippen LogP contribution is 2.16. The highest BCUT2D eigenvalue weighted by molar-refractivity contribution is 7.07. The molecule has 19 heavy (non-hydrogen) atoms. The number of nitrogens with one attached hydrogen (secondary N) is 1. The van der Waals surface area contributed by atoms with Crippen LogP contribution in [0.3, 0.4) is 0 Å². The van der Waals surface area contributed by atoms with Crippen molar-refractivity contribution in [2.75, 3.05) is 5.73 Å². The summed E-state index contributed by atoms with van der Waals surface area (Å²) in [6, 6.07) is 9.76. The summed E-state index contributed by atoms with van der Waals surface area (Å²) < 4.78 is 0. The number of anilines is 1. The summed E-state index contributed by atoms with van der Waals surface area (Å²) in [5.74, 6) is 0.0792. The average Bonchev–Trinajstić information content (AvgIpc) is 2.92. The van der Waals surface area contributed by atoms with Crippen molar-refractivity contribution in [1.82, 2.24) is 5.32 Å². The lowest BCUT2D eigenvalue weighted by Gasteiger charge is -2.12. The van der Waals surface area contributed by atoms with E-state index in [0.717, 1.165) is 23.2 Å². The molecule has 1 unspecified atom stereocenters. The molecule has 0 radical (unpaired) electrons. The molecule has 1 aromatic heterocycles. The molecule has 100 valence electrons. The molecular weight excluding hydrogens is 256 g/mol. The number of nitrogen functional groups attached to an aromatic ring is 1. The van der Waals surface area contributed by atoms with Crippen LogP contribution in [0, 0.1) is 0 Å². The smallest absolute Gasteiger partial charge is 0.220 e. The quantitative estimate of drug-likeness (QED) is 0.823. The molecule has 0 saturated carbocycles. The molecule has 0 saturated heterocycles. The fraction of sp³-hybridized carbons (Fsp3) is 0.267. The van der Waals surface area contributed by atoms with Gasteiger partial charge >= 0.3 is 0 Å². The Hall–Kier alpha value is -1.81. The minimum absolute atomic E-state index is 0.0742. The van der Waals surface area contributed by atoms with Crippen molar-refractivity contribution in [3.8, 4) is 0 Å².